The Balaban J connectivity index is 2.36. The van der Waals surface area contributed by atoms with Crippen LogP contribution in [0.1, 0.15) is 18.4 Å². The molecule has 1 aliphatic carbocycles. The fourth-order valence-electron chi connectivity index (χ4n) is 1.98. The number of phenolic OH excluding ortho intramolecular Hbond substituents is 1. The molecular formula is C12H12N2O. The van der Waals surface area contributed by atoms with Gasteiger partial charge in [0, 0.05) is 23.2 Å². The lowest BCUT2D eigenvalue weighted by molar-refractivity contribution is 0.474. The molecule has 1 fully saturated rings. The summed E-state index contributed by atoms with van der Waals surface area (Å²) in [5, 5.41) is 10.7. The smallest absolute Gasteiger partial charge is 0.118 e. The number of fused-ring (bicyclic) bond motifs is 1. The van der Waals surface area contributed by atoms with Crippen LogP contribution >= 0.6 is 0 Å². The second-order valence-corrected chi connectivity index (χ2v) is 4.22. The molecule has 3 rings (SSSR count). The number of pyridine rings is 1. The molecule has 1 aliphatic rings. The van der Waals surface area contributed by atoms with Crippen LogP contribution in [0.5, 0.6) is 5.75 Å². The van der Waals surface area contributed by atoms with E-state index in [1.807, 2.05) is 12.1 Å². The molecule has 1 saturated carbocycles. The van der Waals surface area contributed by atoms with Gasteiger partial charge in [-0.3, -0.25) is 4.98 Å². The molecule has 0 saturated heterocycles. The lowest BCUT2D eigenvalue weighted by Crippen LogP contribution is -2.19. The van der Waals surface area contributed by atoms with Crippen molar-refractivity contribution in [3.05, 3.63) is 36.0 Å². The lowest BCUT2D eigenvalue weighted by atomic mass is 10.00. The van der Waals surface area contributed by atoms with Gasteiger partial charge in [-0.25, -0.2) is 0 Å². The van der Waals surface area contributed by atoms with Crippen LogP contribution in [0.15, 0.2) is 30.5 Å². The molecule has 15 heavy (non-hydrogen) atoms. The predicted molar refractivity (Wildman–Crippen MR) is 58.5 cm³/mol. The zero-order valence-electron chi connectivity index (χ0n) is 8.27. The summed E-state index contributed by atoms with van der Waals surface area (Å²) in [6.07, 6.45) is 3.70. The minimum absolute atomic E-state index is 0.236. The highest BCUT2D eigenvalue weighted by Crippen LogP contribution is 2.46. The second-order valence-electron chi connectivity index (χ2n) is 4.22. The average molecular weight is 200 g/mol. The molecule has 3 nitrogen and oxygen atoms in total. The maximum atomic E-state index is 9.61. The second kappa shape index (κ2) is 2.70. The van der Waals surface area contributed by atoms with E-state index in [1.54, 1.807) is 18.3 Å². The number of nitrogens with two attached hydrogens (primary N) is 1. The van der Waals surface area contributed by atoms with E-state index in [1.165, 1.54) is 0 Å². The Bertz CT molecular complexity index is 532. The van der Waals surface area contributed by atoms with E-state index in [0.717, 1.165) is 29.3 Å². The number of phenols is 1. The van der Waals surface area contributed by atoms with Crippen molar-refractivity contribution in [3.8, 4) is 5.75 Å². The lowest BCUT2D eigenvalue weighted by Gasteiger charge is -2.12. The van der Waals surface area contributed by atoms with Crippen molar-refractivity contribution in [2.75, 3.05) is 0 Å². The zero-order chi connectivity index (χ0) is 10.5. The van der Waals surface area contributed by atoms with Crippen LogP contribution in [0.3, 0.4) is 0 Å². The van der Waals surface area contributed by atoms with Crippen LogP contribution < -0.4 is 5.73 Å². The molecule has 0 spiro atoms. The first kappa shape index (κ1) is 8.68. The van der Waals surface area contributed by atoms with E-state index in [-0.39, 0.29) is 11.3 Å². The van der Waals surface area contributed by atoms with Gasteiger partial charge in [0.25, 0.3) is 0 Å². The van der Waals surface area contributed by atoms with Crippen LogP contribution in [0.2, 0.25) is 0 Å². The number of nitrogens with zero attached hydrogens (tertiary/aromatic N) is 1. The summed E-state index contributed by atoms with van der Waals surface area (Å²) in [4.78, 5) is 4.23. The van der Waals surface area contributed by atoms with E-state index in [0.29, 0.717) is 0 Å². The fraction of sp³-hybridized carbons (Fsp3) is 0.250. The number of aromatic nitrogens is 1. The van der Waals surface area contributed by atoms with Crippen molar-refractivity contribution in [1.29, 1.82) is 0 Å². The zero-order valence-corrected chi connectivity index (χ0v) is 8.27. The number of rotatable bonds is 1. The van der Waals surface area contributed by atoms with Crippen LogP contribution in [0, 0.1) is 0 Å². The Kier molecular flexibility index (Phi) is 1.56. The quantitative estimate of drug-likeness (QED) is 0.739. The highest BCUT2D eigenvalue weighted by atomic mass is 16.3. The Labute approximate surface area is 87.6 Å². The fourth-order valence-corrected chi connectivity index (χ4v) is 1.98. The molecule has 0 aliphatic heterocycles. The molecule has 1 aromatic carbocycles. The Morgan fingerprint density at radius 1 is 1.33 bits per heavy atom. The van der Waals surface area contributed by atoms with Crippen LogP contribution in [0.4, 0.5) is 0 Å². The van der Waals surface area contributed by atoms with Gasteiger partial charge in [0.2, 0.25) is 0 Å². The van der Waals surface area contributed by atoms with Gasteiger partial charge in [-0.15, -0.1) is 0 Å². The van der Waals surface area contributed by atoms with Crippen LogP contribution in [-0.2, 0) is 5.54 Å². The summed E-state index contributed by atoms with van der Waals surface area (Å²) in [6, 6.07) is 7.33. The van der Waals surface area contributed by atoms with Crippen LogP contribution in [-0.4, -0.2) is 10.1 Å². The van der Waals surface area contributed by atoms with Crippen molar-refractivity contribution >= 4 is 10.9 Å². The van der Waals surface area contributed by atoms with Gasteiger partial charge in [-0.05, 0) is 30.5 Å². The molecule has 3 N–H and O–H groups in total. The highest BCUT2D eigenvalue weighted by molar-refractivity contribution is 5.85. The van der Waals surface area contributed by atoms with Gasteiger partial charge in [0.15, 0.2) is 0 Å². The summed E-state index contributed by atoms with van der Waals surface area (Å²) in [7, 11) is 0. The average Bonchev–Trinajstić information content (AvgIpc) is 2.96. The molecule has 3 heteroatoms. The van der Waals surface area contributed by atoms with E-state index in [9.17, 15) is 5.11 Å². The number of hydrogen-bond acceptors (Lipinski definition) is 3. The molecule has 1 heterocycles. The topological polar surface area (TPSA) is 59.1 Å². The summed E-state index contributed by atoms with van der Waals surface area (Å²) in [5.41, 5.74) is 7.76. The van der Waals surface area contributed by atoms with E-state index in [2.05, 4.69) is 4.98 Å². The standard InChI is InChI=1S/C12H12N2O/c13-12(3-4-12)10-6-8(15)7-11-9(10)2-1-5-14-11/h1-2,5-7,15H,3-4,13H2. The highest BCUT2D eigenvalue weighted by Gasteiger charge is 2.41. The third-order valence-electron chi connectivity index (χ3n) is 3.03. The molecule has 76 valence electrons. The van der Waals surface area contributed by atoms with Gasteiger partial charge in [-0.1, -0.05) is 6.07 Å². The summed E-state index contributed by atoms with van der Waals surface area (Å²) >= 11 is 0. The summed E-state index contributed by atoms with van der Waals surface area (Å²) in [5.74, 6) is 0.243. The number of aromatic hydroxyl groups is 1. The molecule has 0 unspecified atom stereocenters. The molecule has 0 amide bonds. The van der Waals surface area contributed by atoms with Gasteiger partial charge >= 0.3 is 0 Å². The number of benzene rings is 1. The monoisotopic (exact) mass is 200 g/mol. The van der Waals surface area contributed by atoms with Gasteiger partial charge < -0.3 is 10.8 Å². The number of hydrogen-bond donors (Lipinski definition) is 2. The third-order valence-corrected chi connectivity index (χ3v) is 3.03. The molecule has 0 radical (unpaired) electrons. The Hall–Kier alpha value is -1.61. The minimum atomic E-state index is -0.236. The van der Waals surface area contributed by atoms with Crippen molar-refractivity contribution in [1.82, 2.24) is 4.98 Å². The van der Waals surface area contributed by atoms with E-state index in [4.69, 9.17) is 5.73 Å². The minimum Gasteiger partial charge on any atom is -0.508 e. The summed E-state index contributed by atoms with van der Waals surface area (Å²) in [6.45, 7) is 0. The van der Waals surface area contributed by atoms with E-state index >= 15 is 0 Å². The first-order valence-corrected chi connectivity index (χ1v) is 5.06. The first-order valence-electron chi connectivity index (χ1n) is 5.06. The SMILES string of the molecule is NC1(c2cc(O)cc3ncccc23)CC1. The molecular weight excluding hydrogens is 188 g/mol. The summed E-state index contributed by atoms with van der Waals surface area (Å²) < 4.78 is 0. The van der Waals surface area contributed by atoms with Gasteiger partial charge in [-0.2, -0.15) is 0 Å². The molecule has 2 aromatic rings. The van der Waals surface area contributed by atoms with Crippen molar-refractivity contribution in [2.45, 2.75) is 18.4 Å². The maximum absolute atomic E-state index is 9.61. The van der Waals surface area contributed by atoms with Crippen molar-refractivity contribution in [2.24, 2.45) is 5.73 Å². The van der Waals surface area contributed by atoms with E-state index < -0.39 is 0 Å². The molecule has 0 atom stereocenters. The van der Waals surface area contributed by atoms with Gasteiger partial charge in [0.1, 0.15) is 5.75 Å². The normalized spacial score (nSPS) is 17.9. The van der Waals surface area contributed by atoms with Crippen LogP contribution in [0.25, 0.3) is 10.9 Å². The molecule has 0 bridgehead atoms. The predicted octanol–water partition coefficient (Wildman–Crippen LogP) is 1.89. The molecule has 1 aromatic heterocycles. The first-order chi connectivity index (χ1) is 7.19. The van der Waals surface area contributed by atoms with Crippen molar-refractivity contribution < 1.29 is 5.11 Å². The largest absolute Gasteiger partial charge is 0.508 e. The van der Waals surface area contributed by atoms with Gasteiger partial charge in [0.05, 0.1) is 5.52 Å². The van der Waals surface area contributed by atoms with Crippen molar-refractivity contribution in [3.63, 3.8) is 0 Å². The maximum Gasteiger partial charge on any atom is 0.118 e. The third kappa shape index (κ3) is 1.27. The Morgan fingerprint density at radius 3 is 2.87 bits per heavy atom. The Morgan fingerprint density at radius 2 is 2.13 bits per heavy atom.